The van der Waals surface area contributed by atoms with Gasteiger partial charge in [-0.15, -0.1) is 0 Å². The molecule has 116 valence electrons. The van der Waals surface area contributed by atoms with Gasteiger partial charge in [0, 0.05) is 23.7 Å². The Labute approximate surface area is 141 Å². The van der Waals surface area contributed by atoms with Crippen LogP contribution < -0.4 is 5.32 Å². The SMILES string of the molecule is O=C(Nc1cc2cc(Cl)nc(Cl)c2cn1)[C@@H]1C[C@H]1c1cn[nH]c1. The van der Waals surface area contributed by atoms with Crippen molar-refractivity contribution in [1.82, 2.24) is 20.2 Å². The van der Waals surface area contributed by atoms with E-state index >= 15 is 0 Å². The summed E-state index contributed by atoms with van der Waals surface area (Å²) in [7, 11) is 0. The lowest BCUT2D eigenvalue weighted by Gasteiger charge is -2.06. The number of pyridine rings is 2. The van der Waals surface area contributed by atoms with Crippen LogP contribution in [0.15, 0.2) is 30.7 Å². The minimum Gasteiger partial charge on any atom is -0.310 e. The number of aromatic amines is 1. The van der Waals surface area contributed by atoms with Crippen molar-refractivity contribution in [3.8, 4) is 0 Å². The molecule has 0 aromatic carbocycles. The van der Waals surface area contributed by atoms with Gasteiger partial charge in [-0.05, 0) is 35.4 Å². The van der Waals surface area contributed by atoms with E-state index in [0.29, 0.717) is 21.5 Å². The fourth-order valence-electron chi connectivity index (χ4n) is 2.68. The highest BCUT2D eigenvalue weighted by Gasteiger charge is 2.44. The summed E-state index contributed by atoms with van der Waals surface area (Å²) in [5.41, 5.74) is 1.06. The third-order valence-electron chi connectivity index (χ3n) is 3.96. The van der Waals surface area contributed by atoms with Crippen LogP contribution in [0.1, 0.15) is 17.9 Å². The van der Waals surface area contributed by atoms with E-state index < -0.39 is 0 Å². The summed E-state index contributed by atoms with van der Waals surface area (Å²) in [4.78, 5) is 20.5. The van der Waals surface area contributed by atoms with Gasteiger partial charge in [0.2, 0.25) is 5.91 Å². The number of nitrogens with zero attached hydrogens (tertiary/aromatic N) is 3. The second kappa shape index (κ2) is 5.47. The van der Waals surface area contributed by atoms with Gasteiger partial charge < -0.3 is 5.32 Å². The maximum absolute atomic E-state index is 12.3. The highest BCUT2D eigenvalue weighted by atomic mass is 35.5. The predicted octanol–water partition coefficient (Wildman–Crippen LogP) is 3.40. The molecule has 1 aliphatic rings. The standard InChI is InChI=1S/C15H11Cl2N5O/c16-12-1-7-2-13(18-6-11(7)14(17)21-12)22-15(23)10-3-9(10)8-4-19-20-5-8/h1-2,4-6,9-10H,3H2,(H,19,20)(H,18,22,23)/t9-,10+/m0/s1. The summed E-state index contributed by atoms with van der Waals surface area (Å²) in [6.45, 7) is 0. The molecule has 0 aliphatic heterocycles. The monoisotopic (exact) mass is 347 g/mol. The van der Waals surface area contributed by atoms with Crippen molar-refractivity contribution in [3.05, 3.63) is 46.6 Å². The Bertz CT molecular complexity index is 896. The molecule has 23 heavy (non-hydrogen) atoms. The van der Waals surface area contributed by atoms with E-state index in [1.54, 1.807) is 24.5 Å². The van der Waals surface area contributed by atoms with Crippen LogP contribution in [0.2, 0.25) is 10.3 Å². The largest absolute Gasteiger partial charge is 0.310 e. The lowest BCUT2D eigenvalue weighted by atomic mass is 10.2. The zero-order valence-electron chi connectivity index (χ0n) is 11.8. The highest BCUT2D eigenvalue weighted by Crippen LogP contribution is 2.47. The van der Waals surface area contributed by atoms with E-state index in [-0.39, 0.29) is 17.7 Å². The van der Waals surface area contributed by atoms with Crippen molar-refractivity contribution >= 4 is 45.7 Å². The summed E-state index contributed by atoms with van der Waals surface area (Å²) in [6.07, 6.45) is 5.98. The molecule has 0 unspecified atom stereocenters. The fraction of sp³-hybridized carbons (Fsp3) is 0.200. The Morgan fingerprint density at radius 2 is 2.17 bits per heavy atom. The van der Waals surface area contributed by atoms with Crippen molar-refractivity contribution in [2.24, 2.45) is 5.92 Å². The van der Waals surface area contributed by atoms with E-state index in [0.717, 1.165) is 17.4 Å². The third kappa shape index (κ3) is 2.75. The highest BCUT2D eigenvalue weighted by molar-refractivity contribution is 6.36. The third-order valence-corrected chi connectivity index (χ3v) is 4.45. The number of hydrogen-bond donors (Lipinski definition) is 2. The van der Waals surface area contributed by atoms with Crippen LogP contribution in [0.25, 0.3) is 10.8 Å². The van der Waals surface area contributed by atoms with E-state index in [1.807, 2.05) is 6.20 Å². The van der Waals surface area contributed by atoms with Gasteiger partial charge in [-0.3, -0.25) is 9.89 Å². The first-order valence-corrected chi connectivity index (χ1v) is 7.79. The Morgan fingerprint density at radius 3 is 2.96 bits per heavy atom. The van der Waals surface area contributed by atoms with Crippen LogP contribution in [0.5, 0.6) is 0 Å². The normalized spacial score (nSPS) is 19.7. The number of anilines is 1. The molecule has 3 aromatic rings. The molecule has 3 aromatic heterocycles. The van der Waals surface area contributed by atoms with E-state index in [2.05, 4.69) is 25.5 Å². The molecule has 0 saturated heterocycles. The van der Waals surface area contributed by atoms with Gasteiger partial charge in [0.25, 0.3) is 0 Å². The number of amides is 1. The molecule has 1 saturated carbocycles. The average Bonchev–Trinajstić information content (AvgIpc) is 3.13. The maximum Gasteiger partial charge on any atom is 0.229 e. The first-order valence-electron chi connectivity index (χ1n) is 7.03. The zero-order valence-corrected chi connectivity index (χ0v) is 13.3. The van der Waals surface area contributed by atoms with Crippen LogP contribution in [0, 0.1) is 5.92 Å². The number of carbonyl (C=O) groups is 1. The first kappa shape index (κ1) is 14.4. The van der Waals surface area contributed by atoms with Gasteiger partial charge >= 0.3 is 0 Å². The van der Waals surface area contributed by atoms with Crippen molar-refractivity contribution in [3.63, 3.8) is 0 Å². The van der Waals surface area contributed by atoms with Gasteiger partial charge in [0.15, 0.2) is 0 Å². The average molecular weight is 348 g/mol. The minimum absolute atomic E-state index is 0.0466. The summed E-state index contributed by atoms with van der Waals surface area (Å²) in [5, 5.41) is 11.6. The summed E-state index contributed by atoms with van der Waals surface area (Å²) >= 11 is 11.9. The van der Waals surface area contributed by atoms with Crippen LogP contribution in [-0.4, -0.2) is 26.1 Å². The van der Waals surface area contributed by atoms with Crippen molar-refractivity contribution < 1.29 is 4.79 Å². The van der Waals surface area contributed by atoms with Crippen molar-refractivity contribution in [1.29, 1.82) is 0 Å². The zero-order chi connectivity index (χ0) is 16.0. The molecule has 0 spiro atoms. The van der Waals surface area contributed by atoms with Gasteiger partial charge in [0.1, 0.15) is 16.1 Å². The first-order chi connectivity index (χ1) is 11.1. The molecular formula is C15H11Cl2N5O. The summed E-state index contributed by atoms with van der Waals surface area (Å²) in [6, 6.07) is 3.42. The van der Waals surface area contributed by atoms with Gasteiger partial charge in [0.05, 0.1) is 6.20 Å². The maximum atomic E-state index is 12.3. The molecule has 0 radical (unpaired) electrons. The lowest BCUT2D eigenvalue weighted by Crippen LogP contribution is -2.15. The second-order valence-corrected chi connectivity index (χ2v) is 6.24. The number of carbonyl (C=O) groups excluding carboxylic acids is 1. The smallest absolute Gasteiger partial charge is 0.229 e. The summed E-state index contributed by atoms with van der Waals surface area (Å²) in [5.74, 6) is 0.602. The number of hydrogen-bond acceptors (Lipinski definition) is 4. The Hall–Kier alpha value is -2.18. The molecule has 4 rings (SSSR count). The lowest BCUT2D eigenvalue weighted by molar-refractivity contribution is -0.117. The molecule has 2 N–H and O–H groups in total. The molecule has 1 amide bonds. The molecular weight excluding hydrogens is 337 g/mol. The van der Waals surface area contributed by atoms with E-state index in [9.17, 15) is 4.79 Å². The van der Waals surface area contributed by atoms with E-state index in [4.69, 9.17) is 23.2 Å². The Morgan fingerprint density at radius 1 is 1.30 bits per heavy atom. The number of fused-ring (bicyclic) bond motifs is 1. The second-order valence-electron chi connectivity index (χ2n) is 5.50. The molecule has 1 aliphatic carbocycles. The quantitative estimate of drug-likeness (QED) is 0.711. The number of halogens is 2. The predicted molar refractivity (Wildman–Crippen MR) is 87.6 cm³/mol. The number of nitrogens with one attached hydrogen (secondary N) is 2. The molecule has 8 heteroatoms. The van der Waals surface area contributed by atoms with Crippen LogP contribution in [0.4, 0.5) is 5.82 Å². The number of H-pyrrole nitrogens is 1. The topological polar surface area (TPSA) is 83.6 Å². The summed E-state index contributed by atoms with van der Waals surface area (Å²) < 4.78 is 0. The Kier molecular flexibility index (Phi) is 3.43. The van der Waals surface area contributed by atoms with Gasteiger partial charge in [-0.2, -0.15) is 5.10 Å². The van der Waals surface area contributed by atoms with Crippen molar-refractivity contribution in [2.75, 3.05) is 5.32 Å². The molecule has 1 fully saturated rings. The molecule has 3 heterocycles. The molecule has 0 bridgehead atoms. The number of rotatable bonds is 3. The Balaban J connectivity index is 1.53. The van der Waals surface area contributed by atoms with Crippen LogP contribution in [0.3, 0.4) is 0 Å². The van der Waals surface area contributed by atoms with Crippen LogP contribution >= 0.6 is 23.2 Å². The van der Waals surface area contributed by atoms with Gasteiger partial charge in [-0.1, -0.05) is 23.2 Å². The van der Waals surface area contributed by atoms with E-state index in [1.165, 1.54) is 0 Å². The minimum atomic E-state index is -0.0469. The molecule has 2 atom stereocenters. The van der Waals surface area contributed by atoms with Gasteiger partial charge in [-0.25, -0.2) is 9.97 Å². The molecule has 6 nitrogen and oxygen atoms in total. The number of aromatic nitrogens is 4. The fourth-order valence-corrected chi connectivity index (χ4v) is 3.18. The van der Waals surface area contributed by atoms with Crippen molar-refractivity contribution in [2.45, 2.75) is 12.3 Å². The van der Waals surface area contributed by atoms with Crippen LogP contribution in [-0.2, 0) is 4.79 Å².